The second-order valence-electron chi connectivity index (χ2n) is 8.21. The van der Waals surface area contributed by atoms with Gasteiger partial charge in [0, 0.05) is 5.56 Å². The number of rotatable bonds is 4. The van der Waals surface area contributed by atoms with E-state index in [1.807, 2.05) is 25.1 Å². The molecule has 8 heteroatoms. The quantitative estimate of drug-likeness (QED) is 0.462. The Balaban J connectivity index is 1.95. The summed E-state index contributed by atoms with van der Waals surface area (Å²) in [4.78, 5) is 15.7. The van der Waals surface area contributed by atoms with Crippen LogP contribution in [0.3, 0.4) is 0 Å². The minimum Gasteiger partial charge on any atom is -0.455 e. The van der Waals surface area contributed by atoms with Crippen LogP contribution in [-0.4, -0.2) is 10.9 Å². The zero-order valence-corrected chi connectivity index (χ0v) is 18.7. The van der Waals surface area contributed by atoms with Crippen molar-refractivity contribution in [2.45, 2.75) is 46.2 Å². The summed E-state index contributed by atoms with van der Waals surface area (Å²) in [5.74, 6) is 0.0785. The molecular weight excluding hydrogens is 425 g/mol. The number of aromatic nitrogens is 1. The second kappa shape index (κ2) is 8.34. The summed E-state index contributed by atoms with van der Waals surface area (Å²) in [6.45, 7) is 9.55. The van der Waals surface area contributed by atoms with Crippen molar-refractivity contribution in [3.8, 4) is 11.5 Å². The maximum absolute atomic E-state index is 13.3. The summed E-state index contributed by atoms with van der Waals surface area (Å²) < 4.78 is 45.9. The molecule has 31 heavy (non-hydrogen) atoms. The monoisotopic (exact) mass is 448 g/mol. The first-order chi connectivity index (χ1) is 14.4. The van der Waals surface area contributed by atoms with Gasteiger partial charge in [-0.05, 0) is 43.0 Å². The summed E-state index contributed by atoms with van der Waals surface area (Å²) in [5, 5.41) is 2.72. The smallest absolute Gasteiger partial charge is 0.435 e. The highest BCUT2D eigenvalue weighted by molar-refractivity contribution is 7.13. The van der Waals surface area contributed by atoms with E-state index in [1.54, 1.807) is 24.3 Å². The molecule has 0 atom stereocenters. The molecule has 0 spiro atoms. The Morgan fingerprint density at radius 1 is 1.03 bits per heavy atom. The molecule has 0 unspecified atom stereocenters. The molecule has 164 valence electrons. The lowest BCUT2D eigenvalue weighted by molar-refractivity contribution is -0.141. The van der Waals surface area contributed by atoms with E-state index >= 15 is 0 Å². The van der Waals surface area contributed by atoms with E-state index in [2.05, 4.69) is 31.1 Å². The average molecular weight is 449 g/mol. The van der Waals surface area contributed by atoms with Crippen LogP contribution >= 0.6 is 11.3 Å². The van der Waals surface area contributed by atoms with Gasteiger partial charge in [-0.25, -0.2) is 4.98 Å². The number of nitrogens with zero attached hydrogens (tertiary/aromatic N) is 1. The van der Waals surface area contributed by atoms with Crippen molar-refractivity contribution in [2.24, 2.45) is 0 Å². The molecule has 0 saturated carbocycles. The summed E-state index contributed by atoms with van der Waals surface area (Å²) in [6.07, 6.45) is -4.71. The van der Waals surface area contributed by atoms with Crippen LogP contribution in [0.1, 0.15) is 52.3 Å². The number of hydrogen-bond donors (Lipinski definition) is 1. The van der Waals surface area contributed by atoms with Crippen molar-refractivity contribution in [3.63, 3.8) is 0 Å². The summed E-state index contributed by atoms with van der Waals surface area (Å²) in [6, 6.07) is 12.5. The predicted molar refractivity (Wildman–Crippen MR) is 116 cm³/mol. The van der Waals surface area contributed by atoms with Crippen LogP contribution in [0.5, 0.6) is 11.5 Å². The number of nitrogens with one attached hydrogen (secondary N) is 1. The Morgan fingerprint density at radius 3 is 2.35 bits per heavy atom. The largest absolute Gasteiger partial charge is 0.455 e. The lowest BCUT2D eigenvalue weighted by atomic mass is 9.86. The van der Waals surface area contributed by atoms with Gasteiger partial charge in [-0.15, -0.1) is 11.3 Å². The number of ether oxygens (including phenoxy) is 1. The number of benzene rings is 2. The molecule has 0 aliphatic rings. The van der Waals surface area contributed by atoms with Crippen LogP contribution in [0.15, 0.2) is 42.5 Å². The molecule has 1 heterocycles. The lowest BCUT2D eigenvalue weighted by Crippen LogP contribution is -2.17. The highest BCUT2D eigenvalue weighted by Crippen LogP contribution is 2.38. The van der Waals surface area contributed by atoms with Crippen molar-refractivity contribution in [2.75, 3.05) is 5.32 Å². The number of amides is 1. The summed E-state index contributed by atoms with van der Waals surface area (Å²) in [5.41, 5.74) is 0.868. The molecule has 3 aromatic rings. The van der Waals surface area contributed by atoms with Crippen molar-refractivity contribution < 1.29 is 22.7 Å². The molecule has 2 aromatic carbocycles. The van der Waals surface area contributed by atoms with Gasteiger partial charge in [0.25, 0.3) is 5.91 Å². The van der Waals surface area contributed by atoms with Crippen LogP contribution in [0, 0.1) is 13.8 Å². The molecule has 3 rings (SSSR count). The first-order valence-corrected chi connectivity index (χ1v) is 10.4. The number of halogens is 3. The zero-order valence-electron chi connectivity index (χ0n) is 17.8. The highest BCUT2D eigenvalue weighted by atomic mass is 32.1. The SMILES string of the molecule is Cc1ccc(C(C)(C)C)c(Oc2ccccc2NC(=O)c2sc(C)nc2C(F)(F)F)c1. The second-order valence-corrected chi connectivity index (χ2v) is 9.41. The van der Waals surface area contributed by atoms with Crippen LogP contribution in [0.2, 0.25) is 0 Å². The number of alkyl halides is 3. The number of thiazole rings is 1. The maximum Gasteiger partial charge on any atom is 0.435 e. The number of anilines is 1. The third-order valence-corrected chi connectivity index (χ3v) is 5.48. The van der Waals surface area contributed by atoms with Crippen LogP contribution in [-0.2, 0) is 11.6 Å². The molecule has 1 aromatic heterocycles. The first-order valence-electron chi connectivity index (χ1n) is 9.60. The van der Waals surface area contributed by atoms with Crippen molar-refractivity contribution in [1.82, 2.24) is 4.98 Å². The molecule has 0 aliphatic heterocycles. The molecule has 4 nitrogen and oxygen atoms in total. The van der Waals surface area contributed by atoms with E-state index in [9.17, 15) is 18.0 Å². The molecule has 0 radical (unpaired) electrons. The molecule has 0 fully saturated rings. The highest BCUT2D eigenvalue weighted by Gasteiger charge is 2.39. The van der Waals surface area contributed by atoms with E-state index in [4.69, 9.17) is 4.74 Å². The molecule has 0 aliphatic carbocycles. The molecule has 1 N–H and O–H groups in total. The predicted octanol–water partition coefficient (Wildman–Crippen LogP) is 7.12. The molecular formula is C23H23F3N2O2S. The maximum atomic E-state index is 13.3. The van der Waals surface area contributed by atoms with Gasteiger partial charge in [-0.3, -0.25) is 4.79 Å². The van der Waals surface area contributed by atoms with Gasteiger partial charge in [-0.1, -0.05) is 45.0 Å². The van der Waals surface area contributed by atoms with Gasteiger partial charge in [0.2, 0.25) is 0 Å². The minimum absolute atomic E-state index is 0.164. The normalized spacial score (nSPS) is 12.0. The Morgan fingerprint density at radius 2 is 1.71 bits per heavy atom. The Bertz CT molecular complexity index is 1110. The number of carbonyl (C=O) groups is 1. The van der Waals surface area contributed by atoms with E-state index in [0.717, 1.165) is 11.1 Å². The fourth-order valence-corrected chi connectivity index (χ4v) is 3.90. The van der Waals surface area contributed by atoms with Crippen LogP contribution in [0.4, 0.5) is 18.9 Å². The van der Waals surface area contributed by atoms with E-state index < -0.39 is 22.7 Å². The topological polar surface area (TPSA) is 51.2 Å². The minimum atomic E-state index is -4.71. The lowest BCUT2D eigenvalue weighted by Gasteiger charge is -2.23. The van der Waals surface area contributed by atoms with Gasteiger partial charge in [0.1, 0.15) is 10.6 Å². The van der Waals surface area contributed by atoms with Crippen molar-refractivity contribution in [1.29, 1.82) is 0 Å². The van der Waals surface area contributed by atoms with Crippen LogP contribution in [0.25, 0.3) is 0 Å². The number of hydrogen-bond acceptors (Lipinski definition) is 4. The third kappa shape index (κ3) is 5.25. The fraction of sp³-hybridized carbons (Fsp3) is 0.304. The zero-order chi connectivity index (χ0) is 23.0. The number of carbonyl (C=O) groups excluding carboxylic acids is 1. The summed E-state index contributed by atoms with van der Waals surface area (Å²) >= 11 is 0.702. The van der Waals surface area contributed by atoms with Gasteiger partial charge >= 0.3 is 6.18 Å². The van der Waals surface area contributed by atoms with Gasteiger partial charge in [-0.2, -0.15) is 13.2 Å². The Kier molecular flexibility index (Phi) is 6.14. The van der Waals surface area contributed by atoms with E-state index in [1.165, 1.54) is 6.92 Å². The standard InChI is InChI=1S/C23H23F3N2O2S/c1-13-10-11-15(22(3,4)5)18(12-13)30-17-9-7-6-8-16(17)28-21(29)19-20(23(24,25)26)27-14(2)31-19/h6-12H,1-5H3,(H,28,29). The van der Waals surface area contributed by atoms with Crippen LogP contribution < -0.4 is 10.1 Å². The molecule has 0 bridgehead atoms. The van der Waals surface area contributed by atoms with Gasteiger partial charge in [0.05, 0.1) is 10.7 Å². The Hall–Kier alpha value is -2.87. The van der Waals surface area contributed by atoms with Gasteiger partial charge in [0.15, 0.2) is 11.4 Å². The summed E-state index contributed by atoms with van der Waals surface area (Å²) in [7, 11) is 0. The third-order valence-electron chi connectivity index (χ3n) is 4.51. The van der Waals surface area contributed by atoms with Crippen molar-refractivity contribution >= 4 is 22.9 Å². The number of para-hydroxylation sites is 2. The van der Waals surface area contributed by atoms with E-state index in [0.29, 0.717) is 22.8 Å². The first kappa shape index (κ1) is 22.8. The number of aryl methyl sites for hydroxylation is 2. The average Bonchev–Trinajstić information content (AvgIpc) is 3.05. The van der Waals surface area contributed by atoms with E-state index in [-0.39, 0.29) is 16.1 Å². The fourth-order valence-electron chi connectivity index (χ4n) is 3.06. The molecule has 0 saturated heterocycles. The van der Waals surface area contributed by atoms with Crippen molar-refractivity contribution in [3.05, 3.63) is 69.2 Å². The van der Waals surface area contributed by atoms with Gasteiger partial charge < -0.3 is 10.1 Å². The Labute approximate surface area is 183 Å². The molecule has 1 amide bonds.